The second-order valence-electron chi connectivity index (χ2n) is 3.13. The van der Waals surface area contributed by atoms with Crippen LogP contribution in [-0.2, 0) is 6.18 Å². The minimum atomic E-state index is -4.54. The molecule has 0 spiro atoms. The van der Waals surface area contributed by atoms with Gasteiger partial charge < -0.3 is 9.73 Å². The number of rotatable bonds is 1. The lowest BCUT2D eigenvalue weighted by Crippen LogP contribution is -2.08. The SMILES string of the molecule is FC(F)(F)c1nnc(C2CCNC2)o1. The number of nitrogens with zero attached hydrogens (tertiary/aromatic N) is 2. The van der Waals surface area contributed by atoms with E-state index in [4.69, 9.17) is 0 Å². The van der Waals surface area contributed by atoms with Crippen molar-refractivity contribution in [2.45, 2.75) is 18.5 Å². The lowest BCUT2D eigenvalue weighted by molar-refractivity contribution is -0.157. The van der Waals surface area contributed by atoms with Gasteiger partial charge in [0, 0.05) is 6.54 Å². The lowest BCUT2D eigenvalue weighted by atomic mass is 10.1. The number of hydrogen-bond donors (Lipinski definition) is 1. The van der Waals surface area contributed by atoms with Crippen LogP contribution in [0.3, 0.4) is 0 Å². The van der Waals surface area contributed by atoms with Gasteiger partial charge in [-0.3, -0.25) is 0 Å². The Kier molecular flexibility index (Phi) is 2.18. The Morgan fingerprint density at radius 2 is 2.14 bits per heavy atom. The van der Waals surface area contributed by atoms with Crippen molar-refractivity contribution in [3.05, 3.63) is 11.8 Å². The molecule has 1 atom stereocenters. The first-order chi connectivity index (χ1) is 6.57. The fourth-order valence-corrected chi connectivity index (χ4v) is 1.38. The van der Waals surface area contributed by atoms with Crippen LogP contribution in [0, 0.1) is 0 Å². The van der Waals surface area contributed by atoms with Crippen molar-refractivity contribution in [1.82, 2.24) is 15.5 Å². The van der Waals surface area contributed by atoms with Crippen molar-refractivity contribution < 1.29 is 17.6 Å². The van der Waals surface area contributed by atoms with Crippen molar-refractivity contribution in [2.24, 2.45) is 0 Å². The summed E-state index contributed by atoms with van der Waals surface area (Å²) in [6.45, 7) is 1.37. The Labute approximate surface area is 77.5 Å². The predicted molar refractivity (Wildman–Crippen MR) is 39.5 cm³/mol. The van der Waals surface area contributed by atoms with Gasteiger partial charge in [0.15, 0.2) is 0 Å². The summed E-state index contributed by atoms with van der Waals surface area (Å²) in [4.78, 5) is 0. The van der Waals surface area contributed by atoms with Crippen molar-refractivity contribution in [3.63, 3.8) is 0 Å². The molecule has 1 unspecified atom stereocenters. The molecule has 0 bridgehead atoms. The largest absolute Gasteiger partial charge is 0.470 e. The van der Waals surface area contributed by atoms with E-state index >= 15 is 0 Å². The zero-order chi connectivity index (χ0) is 10.2. The van der Waals surface area contributed by atoms with Gasteiger partial charge in [0.1, 0.15) is 0 Å². The molecule has 7 heteroatoms. The first-order valence-electron chi connectivity index (χ1n) is 4.18. The van der Waals surface area contributed by atoms with Crippen LogP contribution in [0.15, 0.2) is 4.42 Å². The number of halogens is 3. The number of alkyl halides is 3. The van der Waals surface area contributed by atoms with Gasteiger partial charge in [0.2, 0.25) is 5.89 Å². The van der Waals surface area contributed by atoms with E-state index in [1.165, 1.54) is 0 Å². The second-order valence-corrected chi connectivity index (χ2v) is 3.13. The molecule has 0 radical (unpaired) electrons. The molecule has 0 aliphatic carbocycles. The summed E-state index contributed by atoms with van der Waals surface area (Å²) in [6, 6.07) is 0. The molecule has 1 saturated heterocycles. The Morgan fingerprint density at radius 3 is 2.64 bits per heavy atom. The fourth-order valence-electron chi connectivity index (χ4n) is 1.38. The molecule has 1 aliphatic rings. The van der Waals surface area contributed by atoms with Crippen molar-refractivity contribution in [3.8, 4) is 0 Å². The molecular weight excluding hydrogens is 199 g/mol. The molecule has 0 saturated carbocycles. The van der Waals surface area contributed by atoms with Gasteiger partial charge in [-0.15, -0.1) is 10.2 Å². The van der Waals surface area contributed by atoms with E-state index in [9.17, 15) is 13.2 Å². The minimum Gasteiger partial charge on any atom is -0.417 e. The summed E-state index contributed by atoms with van der Waals surface area (Å²) >= 11 is 0. The zero-order valence-electron chi connectivity index (χ0n) is 7.14. The van der Waals surface area contributed by atoms with E-state index in [-0.39, 0.29) is 11.8 Å². The van der Waals surface area contributed by atoms with Gasteiger partial charge in [0.05, 0.1) is 5.92 Å². The Morgan fingerprint density at radius 1 is 1.36 bits per heavy atom. The van der Waals surface area contributed by atoms with Gasteiger partial charge in [-0.2, -0.15) is 13.2 Å². The third kappa shape index (κ3) is 1.72. The standard InChI is InChI=1S/C7H8F3N3O/c8-7(9,10)6-13-12-5(14-6)4-1-2-11-3-4/h4,11H,1-3H2. The van der Waals surface area contributed by atoms with E-state index in [2.05, 4.69) is 19.9 Å². The average molecular weight is 207 g/mol. The number of aromatic nitrogens is 2. The molecule has 2 rings (SSSR count). The maximum absolute atomic E-state index is 12.1. The van der Waals surface area contributed by atoms with Gasteiger partial charge in [0.25, 0.3) is 0 Å². The van der Waals surface area contributed by atoms with Gasteiger partial charge in [-0.1, -0.05) is 0 Å². The van der Waals surface area contributed by atoms with E-state index in [0.717, 1.165) is 13.0 Å². The summed E-state index contributed by atoms with van der Waals surface area (Å²) < 4.78 is 40.8. The van der Waals surface area contributed by atoms with Crippen LogP contribution >= 0.6 is 0 Å². The molecule has 78 valence electrons. The average Bonchev–Trinajstić information content (AvgIpc) is 2.73. The van der Waals surface area contributed by atoms with Crippen LogP contribution < -0.4 is 5.32 Å². The van der Waals surface area contributed by atoms with E-state index in [1.807, 2.05) is 0 Å². The van der Waals surface area contributed by atoms with Crippen LogP contribution in [0.5, 0.6) is 0 Å². The quantitative estimate of drug-likeness (QED) is 0.750. The fraction of sp³-hybridized carbons (Fsp3) is 0.714. The van der Waals surface area contributed by atoms with Crippen molar-refractivity contribution in [2.75, 3.05) is 13.1 Å². The predicted octanol–water partition coefficient (Wildman–Crippen LogP) is 1.17. The summed E-state index contributed by atoms with van der Waals surface area (Å²) in [5.74, 6) is -1.28. The molecule has 1 fully saturated rings. The smallest absolute Gasteiger partial charge is 0.417 e. The minimum absolute atomic E-state index is 0.0716. The molecule has 14 heavy (non-hydrogen) atoms. The normalized spacial score (nSPS) is 22.9. The third-order valence-electron chi connectivity index (χ3n) is 2.09. The lowest BCUT2D eigenvalue weighted by Gasteiger charge is -2.01. The van der Waals surface area contributed by atoms with Gasteiger partial charge in [-0.25, -0.2) is 0 Å². The zero-order valence-corrected chi connectivity index (χ0v) is 7.14. The molecule has 0 aromatic carbocycles. The third-order valence-corrected chi connectivity index (χ3v) is 2.09. The van der Waals surface area contributed by atoms with Crippen LogP contribution in [0.25, 0.3) is 0 Å². The van der Waals surface area contributed by atoms with Crippen molar-refractivity contribution >= 4 is 0 Å². The van der Waals surface area contributed by atoms with E-state index in [0.29, 0.717) is 6.54 Å². The highest BCUT2D eigenvalue weighted by Crippen LogP contribution is 2.30. The van der Waals surface area contributed by atoms with Gasteiger partial charge in [-0.05, 0) is 13.0 Å². The summed E-state index contributed by atoms with van der Waals surface area (Å²) in [5, 5.41) is 9.36. The van der Waals surface area contributed by atoms with Gasteiger partial charge >= 0.3 is 12.1 Å². The Balaban J connectivity index is 2.17. The van der Waals surface area contributed by atoms with E-state index < -0.39 is 12.1 Å². The highest BCUT2D eigenvalue weighted by Gasteiger charge is 2.39. The van der Waals surface area contributed by atoms with Crippen LogP contribution in [0.1, 0.15) is 24.1 Å². The molecule has 4 nitrogen and oxygen atoms in total. The highest BCUT2D eigenvalue weighted by molar-refractivity contribution is 4.97. The van der Waals surface area contributed by atoms with Crippen LogP contribution in [0.2, 0.25) is 0 Å². The Bertz CT molecular complexity index is 316. The second kappa shape index (κ2) is 3.23. The van der Waals surface area contributed by atoms with Crippen LogP contribution in [-0.4, -0.2) is 23.3 Å². The summed E-state index contributed by atoms with van der Waals surface area (Å²) in [7, 11) is 0. The molecule has 1 aromatic heterocycles. The first-order valence-corrected chi connectivity index (χ1v) is 4.18. The molecule has 1 aromatic rings. The molecule has 1 aliphatic heterocycles. The van der Waals surface area contributed by atoms with Crippen molar-refractivity contribution in [1.29, 1.82) is 0 Å². The first kappa shape index (κ1) is 9.45. The van der Waals surface area contributed by atoms with Crippen LogP contribution in [0.4, 0.5) is 13.2 Å². The molecule has 2 heterocycles. The maximum Gasteiger partial charge on any atom is 0.470 e. The summed E-state index contributed by atoms with van der Waals surface area (Å²) in [5.41, 5.74) is 0. The molecule has 0 amide bonds. The topological polar surface area (TPSA) is 51.0 Å². The monoisotopic (exact) mass is 207 g/mol. The highest BCUT2D eigenvalue weighted by atomic mass is 19.4. The summed E-state index contributed by atoms with van der Waals surface area (Å²) in [6.07, 6.45) is -3.81. The Hall–Kier alpha value is -1.11. The van der Waals surface area contributed by atoms with E-state index in [1.54, 1.807) is 0 Å². The maximum atomic E-state index is 12.1. The molecular formula is C7H8F3N3O. The number of hydrogen-bond acceptors (Lipinski definition) is 4. The molecule has 1 N–H and O–H groups in total. The number of nitrogens with one attached hydrogen (secondary N) is 1.